The van der Waals surface area contributed by atoms with E-state index in [1.54, 1.807) is 0 Å². The van der Waals surface area contributed by atoms with Gasteiger partial charge >= 0.3 is 0 Å². The SMILES string of the molecule is CN(CC(O)COc1cccc2[nH]ccc12)CC1CCCCO1. The summed E-state index contributed by atoms with van der Waals surface area (Å²) >= 11 is 0. The van der Waals surface area contributed by atoms with Crippen LogP contribution in [0.1, 0.15) is 19.3 Å². The van der Waals surface area contributed by atoms with Crippen LogP contribution < -0.4 is 4.74 Å². The molecule has 1 aliphatic rings. The number of likely N-dealkylation sites (N-methyl/N-ethyl adjacent to an activating group) is 1. The number of hydrogen-bond donors (Lipinski definition) is 2. The molecule has 0 aliphatic carbocycles. The number of aromatic amines is 1. The van der Waals surface area contributed by atoms with E-state index < -0.39 is 6.10 Å². The zero-order valence-electron chi connectivity index (χ0n) is 13.7. The molecule has 1 saturated heterocycles. The number of fused-ring (bicyclic) bond motifs is 1. The monoisotopic (exact) mass is 318 g/mol. The summed E-state index contributed by atoms with van der Waals surface area (Å²) in [4.78, 5) is 5.29. The fourth-order valence-corrected chi connectivity index (χ4v) is 3.15. The van der Waals surface area contributed by atoms with Gasteiger partial charge in [-0.15, -0.1) is 0 Å². The maximum atomic E-state index is 10.2. The predicted molar refractivity (Wildman–Crippen MR) is 90.9 cm³/mol. The van der Waals surface area contributed by atoms with Crippen LogP contribution >= 0.6 is 0 Å². The summed E-state index contributed by atoms with van der Waals surface area (Å²) in [5, 5.41) is 11.3. The zero-order chi connectivity index (χ0) is 16.1. The minimum Gasteiger partial charge on any atom is -0.490 e. The molecule has 0 saturated carbocycles. The number of ether oxygens (including phenoxy) is 2. The second-order valence-electron chi connectivity index (χ2n) is 6.37. The largest absolute Gasteiger partial charge is 0.490 e. The number of hydrogen-bond acceptors (Lipinski definition) is 4. The lowest BCUT2D eigenvalue weighted by molar-refractivity contribution is -0.0108. The summed E-state index contributed by atoms with van der Waals surface area (Å²) in [6.07, 6.45) is 5.21. The molecule has 1 fully saturated rings. The van der Waals surface area contributed by atoms with Crippen LogP contribution in [0.2, 0.25) is 0 Å². The van der Waals surface area contributed by atoms with Gasteiger partial charge in [0.1, 0.15) is 18.5 Å². The Labute approximate surface area is 137 Å². The molecule has 0 spiro atoms. The molecule has 126 valence electrons. The second kappa shape index (κ2) is 7.81. The topological polar surface area (TPSA) is 57.7 Å². The smallest absolute Gasteiger partial charge is 0.128 e. The van der Waals surface area contributed by atoms with Crippen LogP contribution in [0.3, 0.4) is 0 Å². The molecule has 1 aromatic carbocycles. The molecular weight excluding hydrogens is 292 g/mol. The molecule has 0 radical (unpaired) electrons. The van der Waals surface area contributed by atoms with Crippen molar-refractivity contribution in [1.82, 2.24) is 9.88 Å². The predicted octanol–water partition coefficient (Wildman–Crippen LogP) is 2.41. The van der Waals surface area contributed by atoms with Crippen LogP contribution in [0.15, 0.2) is 30.5 Å². The van der Waals surface area contributed by atoms with Crippen molar-refractivity contribution in [2.45, 2.75) is 31.5 Å². The Balaban J connectivity index is 1.45. The van der Waals surface area contributed by atoms with Gasteiger partial charge in [0.15, 0.2) is 0 Å². The number of rotatable bonds is 7. The van der Waals surface area contributed by atoms with Crippen LogP contribution in [0.5, 0.6) is 5.75 Å². The van der Waals surface area contributed by atoms with Crippen LogP contribution in [0, 0.1) is 0 Å². The third-order valence-electron chi connectivity index (χ3n) is 4.30. The molecule has 1 aliphatic heterocycles. The van der Waals surface area contributed by atoms with Crippen molar-refractivity contribution in [3.63, 3.8) is 0 Å². The lowest BCUT2D eigenvalue weighted by Gasteiger charge is -2.28. The minimum absolute atomic E-state index is 0.292. The number of aliphatic hydroxyl groups excluding tert-OH is 1. The summed E-state index contributed by atoms with van der Waals surface area (Å²) in [7, 11) is 2.02. The molecule has 0 bridgehead atoms. The quantitative estimate of drug-likeness (QED) is 0.823. The van der Waals surface area contributed by atoms with E-state index in [9.17, 15) is 5.11 Å². The highest BCUT2D eigenvalue weighted by Crippen LogP contribution is 2.24. The Kier molecular flexibility index (Phi) is 5.54. The highest BCUT2D eigenvalue weighted by Gasteiger charge is 2.18. The van der Waals surface area contributed by atoms with Gasteiger partial charge in [0, 0.05) is 36.8 Å². The average molecular weight is 318 g/mol. The van der Waals surface area contributed by atoms with Gasteiger partial charge in [-0.3, -0.25) is 0 Å². The van der Waals surface area contributed by atoms with Gasteiger partial charge in [-0.25, -0.2) is 0 Å². The van der Waals surface area contributed by atoms with E-state index in [1.165, 1.54) is 12.8 Å². The van der Waals surface area contributed by atoms with Crippen LogP contribution in [-0.4, -0.2) is 60.5 Å². The van der Waals surface area contributed by atoms with Gasteiger partial charge in [0.05, 0.1) is 6.10 Å². The molecule has 1 aromatic heterocycles. The number of H-pyrrole nitrogens is 1. The first-order valence-corrected chi connectivity index (χ1v) is 8.39. The summed E-state index contributed by atoms with van der Waals surface area (Å²) < 4.78 is 11.5. The van der Waals surface area contributed by atoms with Crippen molar-refractivity contribution >= 4 is 10.9 Å². The normalized spacial score (nSPS) is 20.0. The Morgan fingerprint density at radius 1 is 1.39 bits per heavy atom. The van der Waals surface area contributed by atoms with E-state index in [-0.39, 0.29) is 0 Å². The summed E-state index contributed by atoms with van der Waals surface area (Å²) in [6, 6.07) is 7.88. The lowest BCUT2D eigenvalue weighted by Crippen LogP contribution is -2.39. The standard InChI is InChI=1S/C18H26N2O3/c1-20(12-15-5-2-3-10-22-15)11-14(21)13-23-18-7-4-6-17-16(18)8-9-19-17/h4,6-9,14-15,19,21H,2-3,5,10-13H2,1H3. The number of benzene rings is 1. The molecule has 0 amide bonds. The van der Waals surface area contributed by atoms with Crippen molar-refractivity contribution in [3.8, 4) is 5.75 Å². The first-order valence-electron chi connectivity index (χ1n) is 8.39. The third kappa shape index (κ3) is 4.47. The zero-order valence-corrected chi connectivity index (χ0v) is 13.7. The van der Waals surface area contributed by atoms with E-state index in [1.807, 2.05) is 37.5 Å². The first kappa shape index (κ1) is 16.3. The summed E-state index contributed by atoms with van der Waals surface area (Å²) in [6.45, 7) is 2.61. The lowest BCUT2D eigenvalue weighted by atomic mass is 10.1. The molecular formula is C18H26N2O3. The van der Waals surface area contributed by atoms with E-state index in [0.29, 0.717) is 19.3 Å². The van der Waals surface area contributed by atoms with Crippen LogP contribution in [0.25, 0.3) is 10.9 Å². The molecule has 2 aromatic rings. The van der Waals surface area contributed by atoms with Gasteiger partial charge in [0.2, 0.25) is 0 Å². The van der Waals surface area contributed by atoms with E-state index in [4.69, 9.17) is 9.47 Å². The minimum atomic E-state index is -0.516. The molecule has 2 N–H and O–H groups in total. The average Bonchev–Trinajstić information content (AvgIpc) is 3.03. The fraction of sp³-hybridized carbons (Fsp3) is 0.556. The number of aromatic nitrogens is 1. The number of nitrogens with one attached hydrogen (secondary N) is 1. The molecule has 3 rings (SSSR count). The summed E-state index contributed by atoms with van der Waals surface area (Å²) in [5.41, 5.74) is 1.04. The van der Waals surface area contributed by atoms with Crippen LogP contribution in [0.4, 0.5) is 0 Å². The highest BCUT2D eigenvalue weighted by molar-refractivity contribution is 5.85. The number of aliphatic hydroxyl groups is 1. The molecule has 2 unspecified atom stereocenters. The summed E-state index contributed by atoms with van der Waals surface area (Å²) in [5.74, 6) is 0.807. The van der Waals surface area contributed by atoms with Crippen molar-refractivity contribution < 1.29 is 14.6 Å². The van der Waals surface area contributed by atoms with Gasteiger partial charge < -0.3 is 24.5 Å². The van der Waals surface area contributed by atoms with Crippen molar-refractivity contribution in [1.29, 1.82) is 0 Å². The Hall–Kier alpha value is -1.56. The van der Waals surface area contributed by atoms with Crippen molar-refractivity contribution in [2.24, 2.45) is 0 Å². The van der Waals surface area contributed by atoms with Crippen LogP contribution in [-0.2, 0) is 4.74 Å². The Morgan fingerprint density at radius 2 is 2.30 bits per heavy atom. The Morgan fingerprint density at radius 3 is 3.13 bits per heavy atom. The van der Waals surface area contributed by atoms with Crippen molar-refractivity contribution in [2.75, 3.05) is 33.4 Å². The number of nitrogens with zero attached hydrogens (tertiary/aromatic N) is 1. The molecule has 2 atom stereocenters. The molecule has 5 heteroatoms. The van der Waals surface area contributed by atoms with E-state index in [0.717, 1.165) is 36.2 Å². The third-order valence-corrected chi connectivity index (χ3v) is 4.30. The second-order valence-corrected chi connectivity index (χ2v) is 6.37. The fourth-order valence-electron chi connectivity index (χ4n) is 3.15. The maximum Gasteiger partial charge on any atom is 0.128 e. The van der Waals surface area contributed by atoms with E-state index in [2.05, 4.69) is 9.88 Å². The van der Waals surface area contributed by atoms with Gasteiger partial charge in [-0.2, -0.15) is 0 Å². The Bertz CT molecular complexity index is 607. The van der Waals surface area contributed by atoms with Crippen molar-refractivity contribution in [3.05, 3.63) is 30.5 Å². The van der Waals surface area contributed by atoms with Gasteiger partial charge in [-0.1, -0.05) is 6.07 Å². The highest BCUT2D eigenvalue weighted by atomic mass is 16.5. The molecule has 5 nitrogen and oxygen atoms in total. The molecule has 2 heterocycles. The van der Waals surface area contributed by atoms with E-state index >= 15 is 0 Å². The first-order chi connectivity index (χ1) is 11.2. The van der Waals surface area contributed by atoms with Gasteiger partial charge in [0.25, 0.3) is 0 Å². The molecule has 23 heavy (non-hydrogen) atoms. The maximum absolute atomic E-state index is 10.2. The van der Waals surface area contributed by atoms with Gasteiger partial charge in [-0.05, 0) is 44.5 Å².